The van der Waals surface area contributed by atoms with Crippen LogP contribution in [0.25, 0.3) is 0 Å². The van der Waals surface area contributed by atoms with Gasteiger partial charge < -0.3 is 9.64 Å². The summed E-state index contributed by atoms with van der Waals surface area (Å²) in [4.78, 5) is 7.63. The highest BCUT2D eigenvalue weighted by atomic mass is 32.2. The predicted molar refractivity (Wildman–Crippen MR) is 93.1 cm³/mol. The molecule has 1 atom stereocenters. The van der Waals surface area contributed by atoms with E-state index in [1.165, 1.54) is 21.5 Å². The molecule has 0 bridgehead atoms. The zero-order valence-corrected chi connectivity index (χ0v) is 15.8. The van der Waals surface area contributed by atoms with Crippen LogP contribution in [0, 0.1) is 0 Å². The minimum atomic E-state index is -4.22. The Bertz CT molecular complexity index is 736. The molecule has 3 heterocycles. The molecule has 11 heteroatoms. The van der Waals surface area contributed by atoms with Gasteiger partial charge in [-0.3, -0.25) is 4.90 Å². The number of hydrogen-bond donors (Lipinski definition) is 0. The third-order valence-electron chi connectivity index (χ3n) is 4.80. The van der Waals surface area contributed by atoms with Crippen molar-refractivity contribution in [1.82, 2.24) is 14.2 Å². The number of alkyl halides is 3. The first-order valence-corrected chi connectivity index (χ1v) is 10.2. The highest BCUT2D eigenvalue weighted by molar-refractivity contribution is 7.89. The number of sulfonamides is 1. The molecular formula is C16H23F3N4O3S. The standard InChI is InChI=1S/C16H23F3N4O3S/c1-13-11-21(4-5-22(13)12-16(17,18)19)15-3-2-14(10-20-15)27(24,25)23-6-8-26-9-7-23/h2-3,10,13H,4-9,11-12H2,1H3. The van der Waals surface area contributed by atoms with E-state index in [2.05, 4.69) is 4.98 Å². The quantitative estimate of drug-likeness (QED) is 0.746. The van der Waals surface area contributed by atoms with Crippen LogP contribution in [-0.2, 0) is 14.8 Å². The lowest BCUT2D eigenvalue weighted by Crippen LogP contribution is -2.54. The number of morpholine rings is 1. The smallest absolute Gasteiger partial charge is 0.379 e. The molecule has 27 heavy (non-hydrogen) atoms. The maximum Gasteiger partial charge on any atom is 0.401 e. The molecule has 0 N–H and O–H groups in total. The van der Waals surface area contributed by atoms with Gasteiger partial charge in [0.1, 0.15) is 10.7 Å². The molecule has 2 fully saturated rings. The van der Waals surface area contributed by atoms with Gasteiger partial charge in [0.05, 0.1) is 19.8 Å². The molecule has 2 aliphatic rings. The van der Waals surface area contributed by atoms with Crippen molar-refractivity contribution >= 4 is 15.8 Å². The van der Waals surface area contributed by atoms with Crippen molar-refractivity contribution in [3.63, 3.8) is 0 Å². The van der Waals surface area contributed by atoms with Crippen LogP contribution in [0.5, 0.6) is 0 Å². The number of rotatable bonds is 4. The van der Waals surface area contributed by atoms with Crippen molar-refractivity contribution in [2.45, 2.75) is 24.0 Å². The average Bonchev–Trinajstić information content (AvgIpc) is 2.63. The zero-order valence-electron chi connectivity index (χ0n) is 15.0. The van der Waals surface area contributed by atoms with Gasteiger partial charge in [0, 0.05) is 45.0 Å². The van der Waals surface area contributed by atoms with Crippen LogP contribution >= 0.6 is 0 Å². The molecule has 0 radical (unpaired) electrons. The zero-order chi connectivity index (χ0) is 19.7. The van der Waals surface area contributed by atoms with Gasteiger partial charge in [-0.05, 0) is 19.1 Å². The second-order valence-corrected chi connectivity index (χ2v) is 8.69. The first-order chi connectivity index (χ1) is 12.7. The van der Waals surface area contributed by atoms with Crippen molar-refractivity contribution < 1.29 is 26.3 Å². The highest BCUT2D eigenvalue weighted by Crippen LogP contribution is 2.24. The summed E-state index contributed by atoms with van der Waals surface area (Å²) in [7, 11) is -3.61. The van der Waals surface area contributed by atoms with E-state index in [0.717, 1.165) is 0 Å². The monoisotopic (exact) mass is 408 g/mol. The molecule has 1 aromatic rings. The van der Waals surface area contributed by atoms with Gasteiger partial charge in [-0.2, -0.15) is 17.5 Å². The van der Waals surface area contributed by atoms with E-state index in [0.29, 0.717) is 45.2 Å². The van der Waals surface area contributed by atoms with E-state index in [4.69, 9.17) is 4.74 Å². The fraction of sp³-hybridized carbons (Fsp3) is 0.688. The van der Waals surface area contributed by atoms with Gasteiger partial charge in [-0.25, -0.2) is 13.4 Å². The Hall–Kier alpha value is -1.43. The van der Waals surface area contributed by atoms with Crippen LogP contribution in [0.2, 0.25) is 0 Å². The SMILES string of the molecule is CC1CN(c2ccc(S(=O)(=O)N3CCOCC3)cn2)CCN1CC(F)(F)F. The fourth-order valence-electron chi connectivity index (χ4n) is 3.32. The lowest BCUT2D eigenvalue weighted by atomic mass is 10.2. The molecule has 1 unspecified atom stereocenters. The third kappa shape index (κ3) is 4.89. The van der Waals surface area contributed by atoms with Crippen LogP contribution in [0.4, 0.5) is 19.0 Å². The average molecular weight is 408 g/mol. The van der Waals surface area contributed by atoms with Gasteiger partial charge in [0.2, 0.25) is 10.0 Å². The lowest BCUT2D eigenvalue weighted by molar-refractivity contribution is -0.150. The summed E-state index contributed by atoms with van der Waals surface area (Å²) in [5, 5.41) is 0. The lowest BCUT2D eigenvalue weighted by Gasteiger charge is -2.40. The first kappa shape index (κ1) is 20.3. The number of pyridine rings is 1. The number of piperazine rings is 1. The Labute approximate surface area is 156 Å². The highest BCUT2D eigenvalue weighted by Gasteiger charge is 2.35. The molecule has 0 saturated carbocycles. The van der Waals surface area contributed by atoms with Gasteiger partial charge in [-0.1, -0.05) is 0 Å². The topological polar surface area (TPSA) is 66.0 Å². The minimum Gasteiger partial charge on any atom is -0.379 e. The molecule has 2 saturated heterocycles. The molecule has 3 rings (SSSR count). The number of hydrogen-bond acceptors (Lipinski definition) is 6. The number of halogens is 3. The molecule has 0 aliphatic carbocycles. The normalized spacial score (nSPS) is 23.6. The predicted octanol–water partition coefficient (Wildman–Crippen LogP) is 1.18. The van der Waals surface area contributed by atoms with Gasteiger partial charge in [0.15, 0.2) is 0 Å². The summed E-state index contributed by atoms with van der Waals surface area (Å²) >= 11 is 0. The second kappa shape index (κ2) is 7.90. The number of aromatic nitrogens is 1. The largest absolute Gasteiger partial charge is 0.401 e. The van der Waals surface area contributed by atoms with E-state index in [9.17, 15) is 21.6 Å². The minimum absolute atomic E-state index is 0.108. The molecule has 0 amide bonds. The van der Waals surface area contributed by atoms with Crippen molar-refractivity contribution in [1.29, 1.82) is 0 Å². The Morgan fingerprint density at radius 2 is 1.89 bits per heavy atom. The Morgan fingerprint density at radius 3 is 2.44 bits per heavy atom. The summed E-state index contributed by atoms with van der Waals surface area (Å²) in [6, 6.07) is 2.83. The summed E-state index contributed by atoms with van der Waals surface area (Å²) in [5.74, 6) is 0.564. The summed E-state index contributed by atoms with van der Waals surface area (Å²) in [5.41, 5.74) is 0. The molecule has 1 aromatic heterocycles. The van der Waals surface area contributed by atoms with E-state index in [1.807, 2.05) is 4.90 Å². The molecule has 152 valence electrons. The van der Waals surface area contributed by atoms with Crippen molar-refractivity contribution in [3.05, 3.63) is 18.3 Å². The number of anilines is 1. The fourth-order valence-corrected chi connectivity index (χ4v) is 4.67. The molecule has 7 nitrogen and oxygen atoms in total. The Balaban J connectivity index is 1.66. The van der Waals surface area contributed by atoms with Crippen molar-refractivity contribution in [2.75, 3.05) is 57.4 Å². The van der Waals surface area contributed by atoms with E-state index >= 15 is 0 Å². The van der Waals surface area contributed by atoms with Gasteiger partial charge in [0.25, 0.3) is 0 Å². The maximum absolute atomic E-state index is 12.6. The second-order valence-electron chi connectivity index (χ2n) is 6.75. The summed E-state index contributed by atoms with van der Waals surface area (Å²) in [6.07, 6.45) is -2.91. The Morgan fingerprint density at radius 1 is 1.19 bits per heavy atom. The van der Waals surface area contributed by atoms with Crippen LogP contribution in [0.1, 0.15) is 6.92 Å². The summed E-state index contributed by atoms with van der Waals surface area (Å²) < 4.78 is 69.6. The Kier molecular flexibility index (Phi) is 5.94. The number of ether oxygens (including phenoxy) is 1. The third-order valence-corrected chi connectivity index (χ3v) is 6.68. The van der Waals surface area contributed by atoms with E-state index < -0.39 is 22.7 Å². The van der Waals surface area contributed by atoms with Crippen molar-refractivity contribution in [2.24, 2.45) is 0 Å². The molecular weight excluding hydrogens is 385 g/mol. The van der Waals surface area contributed by atoms with Crippen LogP contribution < -0.4 is 4.90 Å². The van der Waals surface area contributed by atoms with E-state index in [1.54, 1.807) is 13.0 Å². The van der Waals surface area contributed by atoms with Crippen LogP contribution in [0.3, 0.4) is 0 Å². The van der Waals surface area contributed by atoms with Gasteiger partial charge in [-0.15, -0.1) is 0 Å². The number of nitrogens with zero attached hydrogens (tertiary/aromatic N) is 4. The molecule has 2 aliphatic heterocycles. The maximum atomic E-state index is 12.6. The van der Waals surface area contributed by atoms with Crippen LogP contribution in [-0.4, -0.2) is 87.3 Å². The van der Waals surface area contributed by atoms with Crippen molar-refractivity contribution in [3.8, 4) is 0 Å². The molecule has 0 aromatic carbocycles. The first-order valence-electron chi connectivity index (χ1n) is 8.76. The molecule has 0 spiro atoms. The van der Waals surface area contributed by atoms with E-state index in [-0.39, 0.29) is 17.5 Å². The summed E-state index contributed by atoms with van der Waals surface area (Å²) in [6.45, 7) is 3.25. The van der Waals surface area contributed by atoms with Gasteiger partial charge >= 0.3 is 6.18 Å². The van der Waals surface area contributed by atoms with Crippen LogP contribution in [0.15, 0.2) is 23.2 Å².